The van der Waals surface area contributed by atoms with Gasteiger partial charge in [-0.25, -0.2) is 9.97 Å². The van der Waals surface area contributed by atoms with Gasteiger partial charge < -0.3 is 4.90 Å². The third kappa shape index (κ3) is 2.57. The van der Waals surface area contributed by atoms with E-state index in [0.717, 1.165) is 36.6 Å². The van der Waals surface area contributed by atoms with Crippen molar-refractivity contribution in [2.24, 2.45) is 0 Å². The number of halogens is 1. The van der Waals surface area contributed by atoms with E-state index in [1.54, 1.807) is 0 Å². The number of Topliss-reactive ketones (excluding diaryl/α,β-unsaturated/α-hetero) is 1. The van der Waals surface area contributed by atoms with E-state index < -0.39 is 0 Å². The summed E-state index contributed by atoms with van der Waals surface area (Å²) >= 11 is 5.91. The molecule has 1 aromatic heterocycles. The van der Waals surface area contributed by atoms with Crippen molar-refractivity contribution in [1.82, 2.24) is 9.97 Å². The van der Waals surface area contributed by atoms with Gasteiger partial charge in [-0.05, 0) is 24.9 Å². The zero-order valence-corrected chi connectivity index (χ0v) is 10.9. The van der Waals surface area contributed by atoms with Crippen molar-refractivity contribution in [3.63, 3.8) is 0 Å². The predicted octanol–water partition coefficient (Wildman–Crippen LogP) is 2.17. The number of ketones is 1. The van der Waals surface area contributed by atoms with Crippen LogP contribution in [-0.2, 0) is 11.2 Å². The van der Waals surface area contributed by atoms with Gasteiger partial charge in [-0.3, -0.25) is 4.79 Å². The van der Waals surface area contributed by atoms with E-state index in [0.29, 0.717) is 18.6 Å². The van der Waals surface area contributed by atoms with E-state index in [4.69, 9.17) is 11.6 Å². The van der Waals surface area contributed by atoms with Crippen LogP contribution >= 0.6 is 11.6 Å². The summed E-state index contributed by atoms with van der Waals surface area (Å²) in [6, 6.07) is 0. The summed E-state index contributed by atoms with van der Waals surface area (Å²) in [6.07, 6.45) is 2.08. The van der Waals surface area contributed by atoms with Gasteiger partial charge in [-0.15, -0.1) is 0 Å². The van der Waals surface area contributed by atoms with E-state index in [1.165, 1.54) is 0 Å². The first-order chi connectivity index (χ1) is 8.11. The monoisotopic (exact) mass is 253 g/mol. The smallest absolute Gasteiger partial charge is 0.224 e. The lowest BCUT2D eigenvalue weighted by molar-refractivity contribution is -0.119. The van der Waals surface area contributed by atoms with Crippen LogP contribution in [0.25, 0.3) is 0 Å². The Kier molecular flexibility index (Phi) is 3.62. The van der Waals surface area contributed by atoms with Gasteiger partial charge >= 0.3 is 0 Å². The molecule has 92 valence electrons. The fourth-order valence-corrected chi connectivity index (χ4v) is 2.40. The number of nitrogens with zero attached hydrogens (tertiary/aromatic N) is 3. The highest BCUT2D eigenvalue weighted by Crippen LogP contribution is 2.25. The molecule has 0 amide bonds. The molecule has 2 heterocycles. The molecule has 2 rings (SSSR count). The Morgan fingerprint density at radius 2 is 1.94 bits per heavy atom. The summed E-state index contributed by atoms with van der Waals surface area (Å²) in [5, 5.41) is 0.284. The quantitative estimate of drug-likeness (QED) is 0.758. The van der Waals surface area contributed by atoms with Crippen LogP contribution in [-0.4, -0.2) is 28.8 Å². The molecule has 4 nitrogen and oxygen atoms in total. The minimum atomic E-state index is 0.284. The van der Waals surface area contributed by atoms with Gasteiger partial charge in [0.1, 0.15) is 11.6 Å². The van der Waals surface area contributed by atoms with E-state index >= 15 is 0 Å². The number of rotatable bonds is 2. The Balaban J connectivity index is 2.33. The molecule has 0 unspecified atom stereocenters. The molecule has 0 saturated carbocycles. The van der Waals surface area contributed by atoms with Crippen LogP contribution in [0.3, 0.4) is 0 Å². The lowest BCUT2D eigenvalue weighted by atomic mass is 10.1. The van der Waals surface area contributed by atoms with Crippen LogP contribution in [0.2, 0.25) is 5.28 Å². The number of carbonyl (C=O) groups is 1. The van der Waals surface area contributed by atoms with Crippen LogP contribution in [0, 0.1) is 6.92 Å². The molecular formula is C12H16ClN3O. The fraction of sp³-hybridized carbons (Fsp3) is 0.583. The zero-order valence-electron chi connectivity index (χ0n) is 10.2. The van der Waals surface area contributed by atoms with Gasteiger partial charge in [-0.2, -0.15) is 0 Å². The highest BCUT2D eigenvalue weighted by Gasteiger charge is 2.21. The van der Waals surface area contributed by atoms with Crippen LogP contribution in [0.5, 0.6) is 0 Å². The molecule has 17 heavy (non-hydrogen) atoms. The molecule has 0 aromatic carbocycles. The Morgan fingerprint density at radius 1 is 1.29 bits per heavy atom. The van der Waals surface area contributed by atoms with E-state index in [9.17, 15) is 4.79 Å². The third-order valence-electron chi connectivity index (χ3n) is 3.14. The summed E-state index contributed by atoms with van der Waals surface area (Å²) in [5.74, 6) is 1.23. The van der Waals surface area contributed by atoms with E-state index in [1.807, 2.05) is 6.92 Å². The summed E-state index contributed by atoms with van der Waals surface area (Å²) in [4.78, 5) is 21.9. The van der Waals surface area contributed by atoms with E-state index in [2.05, 4.69) is 21.8 Å². The minimum absolute atomic E-state index is 0.284. The number of hydrogen-bond donors (Lipinski definition) is 0. The molecule has 0 aliphatic carbocycles. The predicted molar refractivity (Wildman–Crippen MR) is 67.6 cm³/mol. The Bertz CT molecular complexity index is 438. The number of hydrogen-bond acceptors (Lipinski definition) is 4. The maximum Gasteiger partial charge on any atom is 0.224 e. The molecular weight excluding hydrogens is 238 g/mol. The first-order valence-corrected chi connectivity index (χ1v) is 6.29. The topological polar surface area (TPSA) is 46.1 Å². The molecule has 0 radical (unpaired) electrons. The molecule has 0 spiro atoms. The van der Waals surface area contributed by atoms with Crippen molar-refractivity contribution in [3.05, 3.63) is 16.5 Å². The molecule has 1 fully saturated rings. The highest BCUT2D eigenvalue weighted by atomic mass is 35.5. The van der Waals surface area contributed by atoms with Gasteiger partial charge in [0.25, 0.3) is 0 Å². The standard InChI is InChI=1S/C12H16ClN3O/c1-3-10-8(2)14-12(13)15-11(10)16-6-4-9(17)5-7-16/h3-7H2,1-2H3. The average molecular weight is 254 g/mol. The minimum Gasteiger partial charge on any atom is -0.355 e. The number of carbonyl (C=O) groups excluding carboxylic acids is 1. The summed E-state index contributed by atoms with van der Waals surface area (Å²) in [6.45, 7) is 5.50. The van der Waals surface area contributed by atoms with Gasteiger partial charge in [0.05, 0.1) is 0 Å². The highest BCUT2D eigenvalue weighted by molar-refractivity contribution is 6.28. The van der Waals surface area contributed by atoms with Gasteiger partial charge in [0.15, 0.2) is 0 Å². The van der Waals surface area contributed by atoms with Crippen LogP contribution in [0.4, 0.5) is 5.82 Å². The molecule has 1 aromatic rings. The van der Waals surface area contributed by atoms with Gasteiger partial charge in [0, 0.05) is 37.2 Å². The first-order valence-electron chi connectivity index (χ1n) is 5.91. The van der Waals surface area contributed by atoms with Crippen LogP contribution in [0.15, 0.2) is 0 Å². The van der Waals surface area contributed by atoms with Crippen LogP contribution < -0.4 is 4.90 Å². The van der Waals surface area contributed by atoms with Crippen molar-refractivity contribution < 1.29 is 4.79 Å². The number of aromatic nitrogens is 2. The van der Waals surface area contributed by atoms with Crippen molar-refractivity contribution in [2.75, 3.05) is 18.0 Å². The Morgan fingerprint density at radius 3 is 2.53 bits per heavy atom. The van der Waals surface area contributed by atoms with Crippen molar-refractivity contribution >= 4 is 23.2 Å². The zero-order chi connectivity index (χ0) is 12.4. The summed E-state index contributed by atoms with van der Waals surface area (Å²) < 4.78 is 0. The second kappa shape index (κ2) is 5.00. The lowest BCUT2D eigenvalue weighted by Crippen LogP contribution is -2.35. The molecule has 0 N–H and O–H groups in total. The summed E-state index contributed by atoms with van der Waals surface area (Å²) in [5.41, 5.74) is 2.06. The first kappa shape index (κ1) is 12.3. The molecule has 1 aliphatic rings. The van der Waals surface area contributed by atoms with Gasteiger partial charge in [-0.1, -0.05) is 6.92 Å². The van der Waals surface area contributed by atoms with Crippen LogP contribution in [0.1, 0.15) is 31.0 Å². The van der Waals surface area contributed by atoms with Crippen molar-refractivity contribution in [3.8, 4) is 0 Å². The molecule has 1 aliphatic heterocycles. The normalized spacial score (nSPS) is 16.4. The molecule has 0 atom stereocenters. The second-order valence-electron chi connectivity index (χ2n) is 4.26. The average Bonchev–Trinajstić information content (AvgIpc) is 2.29. The molecule has 1 saturated heterocycles. The Labute approximate surface area is 106 Å². The molecule has 0 bridgehead atoms. The SMILES string of the molecule is CCc1c(C)nc(Cl)nc1N1CCC(=O)CC1. The lowest BCUT2D eigenvalue weighted by Gasteiger charge is -2.29. The molecule has 5 heteroatoms. The van der Waals surface area contributed by atoms with Gasteiger partial charge in [0.2, 0.25) is 5.28 Å². The van der Waals surface area contributed by atoms with E-state index in [-0.39, 0.29) is 5.28 Å². The fourth-order valence-electron chi connectivity index (χ4n) is 2.19. The third-order valence-corrected chi connectivity index (χ3v) is 3.31. The maximum absolute atomic E-state index is 11.2. The number of anilines is 1. The van der Waals surface area contributed by atoms with Crippen molar-refractivity contribution in [1.29, 1.82) is 0 Å². The largest absolute Gasteiger partial charge is 0.355 e. The Hall–Kier alpha value is -1.16. The number of piperidine rings is 1. The van der Waals surface area contributed by atoms with Crippen molar-refractivity contribution in [2.45, 2.75) is 33.1 Å². The number of aryl methyl sites for hydroxylation is 1. The maximum atomic E-state index is 11.2. The second-order valence-corrected chi connectivity index (χ2v) is 4.60. The summed E-state index contributed by atoms with van der Waals surface area (Å²) in [7, 11) is 0.